The number of aryl methyl sites for hydroxylation is 1. The molecule has 0 saturated carbocycles. The summed E-state index contributed by atoms with van der Waals surface area (Å²) in [6.07, 6.45) is 2.33. The highest BCUT2D eigenvalue weighted by Gasteiger charge is 2.37. The molecule has 2 aliphatic rings. The normalized spacial score (nSPS) is 24.9. The fourth-order valence-corrected chi connectivity index (χ4v) is 3.90. The summed E-state index contributed by atoms with van der Waals surface area (Å²) in [5, 5.41) is 11.1. The highest BCUT2D eigenvalue weighted by molar-refractivity contribution is 5.97. The molecule has 26 heavy (non-hydrogen) atoms. The summed E-state index contributed by atoms with van der Waals surface area (Å²) < 4.78 is 11.1. The number of carbonyl (C=O) groups is 1. The first-order valence-corrected chi connectivity index (χ1v) is 9.21. The predicted octanol–water partition coefficient (Wildman–Crippen LogP) is 1.44. The molecule has 1 N–H and O–H groups in total. The molecule has 140 valence electrons. The van der Waals surface area contributed by atoms with E-state index in [1.54, 1.807) is 30.0 Å². The number of ether oxygens (including phenoxy) is 1. The van der Waals surface area contributed by atoms with Crippen LogP contribution in [0.1, 0.15) is 29.1 Å². The lowest BCUT2D eigenvalue weighted by Gasteiger charge is -2.34. The number of carbonyl (C=O) groups excluding carboxylic acids is 1. The van der Waals surface area contributed by atoms with Gasteiger partial charge < -0.3 is 24.1 Å². The zero-order valence-electron chi connectivity index (χ0n) is 15.1. The zero-order valence-corrected chi connectivity index (χ0v) is 15.1. The number of β-amino-alcohol motifs (C(OH)–C–C–N with tert-alkyl or cyclic N) is 1. The number of hydrogen-bond acceptors (Lipinski definition) is 6. The Hall–Kier alpha value is -1.96. The number of nitrogens with zero attached hydrogens (tertiary/aromatic N) is 3. The van der Waals surface area contributed by atoms with Gasteiger partial charge >= 0.3 is 0 Å². The molecule has 1 aromatic carbocycles. The van der Waals surface area contributed by atoms with E-state index in [1.165, 1.54) is 0 Å². The van der Waals surface area contributed by atoms with Crippen molar-refractivity contribution < 1.29 is 19.1 Å². The van der Waals surface area contributed by atoms with E-state index in [2.05, 4.69) is 9.88 Å². The van der Waals surface area contributed by atoms with Gasteiger partial charge in [0.15, 0.2) is 11.5 Å². The van der Waals surface area contributed by atoms with Gasteiger partial charge in [0.05, 0.1) is 19.8 Å². The molecular formula is C19H25N3O4. The summed E-state index contributed by atoms with van der Waals surface area (Å²) in [6.45, 7) is 5.74. The lowest BCUT2D eigenvalue weighted by molar-refractivity contribution is -0.0524. The van der Waals surface area contributed by atoms with Crippen LogP contribution in [0.15, 0.2) is 22.6 Å². The fourth-order valence-electron chi connectivity index (χ4n) is 3.90. The fraction of sp³-hybridized carbons (Fsp3) is 0.579. The van der Waals surface area contributed by atoms with E-state index in [-0.39, 0.29) is 19.1 Å². The molecule has 2 saturated heterocycles. The van der Waals surface area contributed by atoms with Crippen LogP contribution in [0, 0.1) is 6.92 Å². The summed E-state index contributed by atoms with van der Waals surface area (Å²) in [6, 6.07) is 5.28. The summed E-state index contributed by atoms with van der Waals surface area (Å²) in [5.41, 5.74) is 0.846. The minimum absolute atomic E-state index is 0.119. The van der Waals surface area contributed by atoms with Crippen molar-refractivity contribution in [3.8, 4) is 0 Å². The SMILES string of the molecule is Cc1nc2ccc(C(=O)N3CCOC[C@](O)(CN4CCCC4)C3)cc2o1. The number of hydrogen-bond donors (Lipinski definition) is 1. The molecule has 1 atom stereocenters. The summed E-state index contributed by atoms with van der Waals surface area (Å²) >= 11 is 0. The molecule has 3 heterocycles. The maximum Gasteiger partial charge on any atom is 0.254 e. The Kier molecular flexibility index (Phi) is 4.69. The molecule has 0 spiro atoms. The number of benzene rings is 1. The average molecular weight is 359 g/mol. The van der Waals surface area contributed by atoms with Crippen molar-refractivity contribution in [2.45, 2.75) is 25.4 Å². The van der Waals surface area contributed by atoms with Crippen LogP contribution in [0.2, 0.25) is 0 Å². The number of fused-ring (bicyclic) bond motifs is 1. The Labute approximate surface area is 152 Å². The van der Waals surface area contributed by atoms with Gasteiger partial charge in [0, 0.05) is 25.6 Å². The van der Waals surface area contributed by atoms with Gasteiger partial charge in [-0.3, -0.25) is 4.79 Å². The van der Waals surface area contributed by atoms with Gasteiger partial charge in [-0.25, -0.2) is 4.98 Å². The summed E-state index contributed by atoms with van der Waals surface area (Å²) in [7, 11) is 0. The number of aliphatic hydroxyl groups is 1. The molecule has 2 aromatic rings. The topological polar surface area (TPSA) is 79.0 Å². The maximum atomic E-state index is 13.0. The van der Waals surface area contributed by atoms with Crippen molar-refractivity contribution >= 4 is 17.0 Å². The zero-order chi connectivity index (χ0) is 18.1. The third-order valence-electron chi connectivity index (χ3n) is 5.11. The van der Waals surface area contributed by atoms with Crippen LogP contribution in [-0.4, -0.2) is 77.3 Å². The Bertz CT molecular complexity index is 799. The molecule has 1 aromatic heterocycles. The van der Waals surface area contributed by atoms with E-state index in [0.717, 1.165) is 31.4 Å². The molecule has 0 bridgehead atoms. The van der Waals surface area contributed by atoms with Gasteiger partial charge in [-0.1, -0.05) is 0 Å². The molecule has 0 aliphatic carbocycles. The van der Waals surface area contributed by atoms with Crippen LogP contribution in [0.4, 0.5) is 0 Å². The monoisotopic (exact) mass is 359 g/mol. The van der Waals surface area contributed by atoms with Gasteiger partial charge in [-0.05, 0) is 44.1 Å². The third-order valence-corrected chi connectivity index (χ3v) is 5.11. The highest BCUT2D eigenvalue weighted by atomic mass is 16.5. The third kappa shape index (κ3) is 3.60. The first-order chi connectivity index (χ1) is 12.5. The number of amides is 1. The average Bonchev–Trinajstić information content (AvgIpc) is 3.19. The van der Waals surface area contributed by atoms with Gasteiger partial charge in [0.2, 0.25) is 0 Å². The van der Waals surface area contributed by atoms with Crippen LogP contribution in [0.5, 0.6) is 0 Å². The van der Waals surface area contributed by atoms with E-state index in [0.29, 0.717) is 36.7 Å². The van der Waals surface area contributed by atoms with Crippen LogP contribution in [0.3, 0.4) is 0 Å². The van der Waals surface area contributed by atoms with Crippen molar-refractivity contribution in [3.63, 3.8) is 0 Å². The second kappa shape index (κ2) is 6.98. The maximum absolute atomic E-state index is 13.0. The summed E-state index contributed by atoms with van der Waals surface area (Å²) in [5.74, 6) is 0.457. The minimum Gasteiger partial charge on any atom is -0.441 e. The molecule has 2 fully saturated rings. The molecular weight excluding hydrogens is 334 g/mol. The largest absolute Gasteiger partial charge is 0.441 e. The number of rotatable bonds is 3. The Morgan fingerprint density at radius 3 is 2.92 bits per heavy atom. The van der Waals surface area contributed by atoms with E-state index in [9.17, 15) is 9.90 Å². The molecule has 4 rings (SSSR count). The van der Waals surface area contributed by atoms with E-state index >= 15 is 0 Å². The number of oxazole rings is 1. The van der Waals surface area contributed by atoms with Crippen molar-refractivity contribution in [3.05, 3.63) is 29.7 Å². The molecule has 0 radical (unpaired) electrons. The quantitative estimate of drug-likeness (QED) is 0.893. The van der Waals surface area contributed by atoms with E-state index < -0.39 is 5.60 Å². The van der Waals surface area contributed by atoms with Crippen molar-refractivity contribution in [2.24, 2.45) is 0 Å². The number of aromatic nitrogens is 1. The summed E-state index contributed by atoms with van der Waals surface area (Å²) in [4.78, 5) is 21.2. The minimum atomic E-state index is -1.04. The molecule has 2 aliphatic heterocycles. The lowest BCUT2D eigenvalue weighted by atomic mass is 10.0. The molecule has 0 unspecified atom stereocenters. The predicted molar refractivity (Wildman–Crippen MR) is 96.1 cm³/mol. The standard InChI is InChI=1S/C19H25N3O4/c1-14-20-16-5-4-15(10-17(16)26-14)18(23)22-8-9-25-13-19(24,12-22)11-21-6-2-3-7-21/h4-5,10,24H,2-3,6-9,11-13H2,1H3/t19-/m0/s1. The van der Waals surface area contributed by atoms with Crippen molar-refractivity contribution in [1.29, 1.82) is 0 Å². The Morgan fingerprint density at radius 1 is 1.31 bits per heavy atom. The van der Waals surface area contributed by atoms with Crippen LogP contribution < -0.4 is 0 Å². The van der Waals surface area contributed by atoms with Crippen LogP contribution in [-0.2, 0) is 4.74 Å². The lowest BCUT2D eigenvalue weighted by Crippen LogP contribution is -2.53. The smallest absolute Gasteiger partial charge is 0.254 e. The highest BCUT2D eigenvalue weighted by Crippen LogP contribution is 2.21. The van der Waals surface area contributed by atoms with Gasteiger partial charge in [0.1, 0.15) is 11.1 Å². The second-order valence-electron chi connectivity index (χ2n) is 7.40. The molecule has 7 heteroatoms. The Morgan fingerprint density at radius 2 is 2.12 bits per heavy atom. The van der Waals surface area contributed by atoms with Crippen LogP contribution >= 0.6 is 0 Å². The van der Waals surface area contributed by atoms with Gasteiger partial charge in [-0.2, -0.15) is 0 Å². The van der Waals surface area contributed by atoms with Gasteiger partial charge in [0.25, 0.3) is 5.91 Å². The molecule has 7 nitrogen and oxygen atoms in total. The van der Waals surface area contributed by atoms with Crippen molar-refractivity contribution in [2.75, 3.05) is 45.9 Å². The number of likely N-dealkylation sites (tertiary alicyclic amines) is 1. The second-order valence-corrected chi connectivity index (χ2v) is 7.40. The van der Waals surface area contributed by atoms with Crippen LogP contribution in [0.25, 0.3) is 11.1 Å². The van der Waals surface area contributed by atoms with E-state index in [4.69, 9.17) is 9.15 Å². The van der Waals surface area contributed by atoms with Crippen molar-refractivity contribution in [1.82, 2.24) is 14.8 Å². The first-order valence-electron chi connectivity index (χ1n) is 9.21. The van der Waals surface area contributed by atoms with Gasteiger partial charge in [-0.15, -0.1) is 0 Å². The molecule has 1 amide bonds. The Balaban J connectivity index is 1.52. The first kappa shape index (κ1) is 17.5. The van der Waals surface area contributed by atoms with E-state index in [1.807, 2.05) is 0 Å².